The molecule has 0 atom stereocenters. The summed E-state index contributed by atoms with van der Waals surface area (Å²) in [6.07, 6.45) is 3.32. The Morgan fingerprint density at radius 3 is 2.52 bits per heavy atom. The first-order chi connectivity index (χ1) is 10.9. The molecular weight excluding hydrogens is 406 g/mol. The van der Waals surface area contributed by atoms with Crippen molar-refractivity contribution in [3.8, 4) is 0 Å². The molecule has 23 heavy (non-hydrogen) atoms. The molecule has 0 N–H and O–H groups in total. The monoisotopic (exact) mass is 415 g/mol. The van der Waals surface area contributed by atoms with Crippen LogP contribution in [0, 0.1) is 0 Å². The molecule has 0 amide bonds. The number of ether oxygens (including phenoxy) is 1. The Hall–Kier alpha value is -1.22. The number of rotatable bonds is 2. The highest BCUT2D eigenvalue weighted by Gasteiger charge is 2.49. The molecule has 1 spiro atoms. The van der Waals surface area contributed by atoms with Crippen LogP contribution >= 0.6 is 26.6 Å². The van der Waals surface area contributed by atoms with E-state index in [1.807, 2.05) is 11.0 Å². The third kappa shape index (κ3) is 2.44. The molecule has 1 fully saturated rings. The van der Waals surface area contributed by atoms with Gasteiger partial charge in [-0.3, -0.25) is 0 Å². The van der Waals surface area contributed by atoms with Crippen LogP contribution in [0.25, 0.3) is 0 Å². The van der Waals surface area contributed by atoms with E-state index in [-0.39, 0.29) is 10.3 Å². The predicted octanol–water partition coefficient (Wildman–Crippen LogP) is 2.59. The third-order valence-corrected chi connectivity index (χ3v) is 5.94. The van der Waals surface area contributed by atoms with Crippen LogP contribution in [0.2, 0.25) is 0 Å². The maximum absolute atomic E-state index is 11.7. The smallest absolute Gasteiger partial charge is 0.261 e. The van der Waals surface area contributed by atoms with E-state index in [0.717, 1.165) is 15.7 Å². The van der Waals surface area contributed by atoms with Gasteiger partial charge in [0.2, 0.25) is 5.95 Å². The molecule has 1 aromatic heterocycles. The highest BCUT2D eigenvalue weighted by Crippen LogP contribution is 2.48. The topological polar surface area (TPSA) is 72.4 Å². The first kappa shape index (κ1) is 15.3. The number of aromatic nitrogens is 2. The summed E-state index contributed by atoms with van der Waals surface area (Å²) in [5, 5.41) is 0. The fourth-order valence-corrected chi connectivity index (χ4v) is 4.00. The van der Waals surface area contributed by atoms with Crippen molar-refractivity contribution in [3.63, 3.8) is 0 Å². The van der Waals surface area contributed by atoms with Crippen LogP contribution in [-0.4, -0.2) is 38.1 Å². The number of benzene rings is 1. The number of nitrogens with zero attached hydrogens (tertiary/aromatic N) is 3. The minimum Gasteiger partial charge on any atom is -0.379 e. The van der Waals surface area contributed by atoms with Crippen molar-refractivity contribution in [1.82, 2.24) is 9.97 Å². The molecule has 9 heteroatoms. The van der Waals surface area contributed by atoms with Crippen LogP contribution < -0.4 is 4.90 Å². The summed E-state index contributed by atoms with van der Waals surface area (Å²) >= 11 is 3.31. The Bertz CT molecular complexity index is 885. The Balaban J connectivity index is 1.86. The van der Waals surface area contributed by atoms with Crippen molar-refractivity contribution < 1.29 is 13.2 Å². The molecule has 1 saturated heterocycles. The second-order valence-corrected chi connectivity index (χ2v) is 9.16. The van der Waals surface area contributed by atoms with Gasteiger partial charge in [-0.15, -0.1) is 0 Å². The van der Waals surface area contributed by atoms with Crippen molar-refractivity contribution >= 4 is 47.3 Å². The Labute approximate surface area is 146 Å². The molecule has 2 aliphatic heterocycles. The summed E-state index contributed by atoms with van der Waals surface area (Å²) in [4.78, 5) is 10.6. The van der Waals surface area contributed by atoms with Crippen LogP contribution in [0.1, 0.15) is 5.56 Å². The average Bonchev–Trinajstić information content (AvgIpc) is 2.82. The lowest BCUT2D eigenvalue weighted by atomic mass is 9.81. The fraction of sp³-hybridized carbons (Fsp3) is 0.286. The number of hydrogen-bond acceptors (Lipinski definition) is 6. The maximum Gasteiger partial charge on any atom is 0.261 e. The normalized spacial score (nSPS) is 18.8. The first-order valence-corrected chi connectivity index (χ1v) is 9.91. The number of anilines is 2. The molecular formula is C14H11BrClN3O3S. The lowest BCUT2D eigenvalue weighted by molar-refractivity contribution is -0.0507. The molecule has 0 unspecified atom stereocenters. The maximum atomic E-state index is 11.7. The molecule has 2 aliphatic rings. The van der Waals surface area contributed by atoms with Crippen molar-refractivity contribution in [1.29, 1.82) is 0 Å². The van der Waals surface area contributed by atoms with Crippen molar-refractivity contribution in [2.24, 2.45) is 0 Å². The van der Waals surface area contributed by atoms with E-state index < -0.39 is 9.05 Å². The van der Waals surface area contributed by atoms with Crippen LogP contribution in [0.3, 0.4) is 0 Å². The zero-order chi connectivity index (χ0) is 16.2. The standard InChI is InChI=1S/C14H11BrClN3O3S/c15-9-4-17-13(18-5-9)19-6-14(7-22-8-14)11-2-1-10(3-12(11)19)23(16,20)21/h1-5H,6-8H2. The molecule has 4 rings (SSSR count). The summed E-state index contributed by atoms with van der Waals surface area (Å²) in [6.45, 7) is 1.84. The van der Waals surface area contributed by atoms with Gasteiger partial charge in [0.1, 0.15) is 0 Å². The minimum absolute atomic E-state index is 0.0670. The predicted molar refractivity (Wildman–Crippen MR) is 88.7 cm³/mol. The Morgan fingerprint density at radius 2 is 1.96 bits per heavy atom. The molecule has 0 radical (unpaired) electrons. The summed E-state index contributed by atoms with van der Waals surface area (Å²) in [6, 6.07) is 4.93. The number of hydrogen-bond donors (Lipinski definition) is 0. The van der Waals surface area contributed by atoms with Crippen LogP contribution in [0.15, 0.2) is 40.0 Å². The van der Waals surface area contributed by atoms with E-state index in [4.69, 9.17) is 15.4 Å². The molecule has 0 bridgehead atoms. The van der Waals surface area contributed by atoms with E-state index in [1.54, 1.807) is 18.5 Å². The SMILES string of the molecule is O=S(=O)(Cl)c1ccc2c(c1)N(c1ncc(Br)cn1)CC21COC1. The molecule has 6 nitrogen and oxygen atoms in total. The zero-order valence-corrected chi connectivity index (χ0v) is 14.9. The molecule has 0 aliphatic carbocycles. The second-order valence-electron chi connectivity index (χ2n) is 5.68. The second kappa shape index (κ2) is 5.14. The van der Waals surface area contributed by atoms with Gasteiger partial charge in [0.25, 0.3) is 9.05 Å². The quantitative estimate of drug-likeness (QED) is 0.701. The fourth-order valence-electron chi connectivity index (χ4n) is 3.03. The van der Waals surface area contributed by atoms with Crippen LogP contribution in [-0.2, 0) is 19.2 Å². The van der Waals surface area contributed by atoms with Gasteiger partial charge in [-0.2, -0.15) is 0 Å². The average molecular weight is 417 g/mol. The van der Waals surface area contributed by atoms with Gasteiger partial charge >= 0.3 is 0 Å². The van der Waals surface area contributed by atoms with Gasteiger partial charge in [0.15, 0.2) is 0 Å². The van der Waals surface area contributed by atoms with E-state index in [2.05, 4.69) is 25.9 Å². The van der Waals surface area contributed by atoms with Gasteiger partial charge in [-0.05, 0) is 33.6 Å². The van der Waals surface area contributed by atoms with Gasteiger partial charge in [0, 0.05) is 35.3 Å². The first-order valence-electron chi connectivity index (χ1n) is 6.81. The zero-order valence-electron chi connectivity index (χ0n) is 11.7. The van der Waals surface area contributed by atoms with Crippen molar-refractivity contribution in [2.75, 3.05) is 24.7 Å². The molecule has 3 heterocycles. The minimum atomic E-state index is -3.80. The summed E-state index contributed by atoms with van der Waals surface area (Å²) in [5.41, 5.74) is 1.66. The number of halogens is 2. The van der Waals surface area contributed by atoms with Gasteiger partial charge in [-0.25, -0.2) is 18.4 Å². The lowest BCUT2D eigenvalue weighted by Gasteiger charge is -2.38. The van der Waals surface area contributed by atoms with E-state index >= 15 is 0 Å². The highest BCUT2D eigenvalue weighted by atomic mass is 79.9. The Morgan fingerprint density at radius 1 is 1.26 bits per heavy atom. The summed E-state index contributed by atoms with van der Waals surface area (Å²) in [7, 11) is 1.69. The van der Waals surface area contributed by atoms with Gasteiger partial charge in [-0.1, -0.05) is 6.07 Å². The van der Waals surface area contributed by atoms with Crippen LogP contribution in [0.5, 0.6) is 0 Å². The molecule has 1 aromatic carbocycles. The van der Waals surface area contributed by atoms with E-state index in [1.165, 1.54) is 6.07 Å². The molecule has 2 aromatic rings. The van der Waals surface area contributed by atoms with E-state index in [9.17, 15) is 8.42 Å². The third-order valence-electron chi connectivity index (χ3n) is 4.18. The summed E-state index contributed by atoms with van der Waals surface area (Å²) in [5.74, 6) is 0.516. The molecule has 120 valence electrons. The highest BCUT2D eigenvalue weighted by molar-refractivity contribution is 9.10. The summed E-state index contributed by atoms with van der Waals surface area (Å²) < 4.78 is 29.5. The van der Waals surface area contributed by atoms with Gasteiger partial charge in [0.05, 0.1) is 28.0 Å². The van der Waals surface area contributed by atoms with Crippen molar-refractivity contribution in [3.05, 3.63) is 40.6 Å². The lowest BCUT2D eigenvalue weighted by Crippen LogP contribution is -2.49. The number of fused-ring (bicyclic) bond motifs is 2. The van der Waals surface area contributed by atoms with Gasteiger partial charge < -0.3 is 9.64 Å². The molecule has 0 saturated carbocycles. The van der Waals surface area contributed by atoms with E-state index in [0.29, 0.717) is 25.7 Å². The largest absolute Gasteiger partial charge is 0.379 e. The van der Waals surface area contributed by atoms with Crippen molar-refractivity contribution in [2.45, 2.75) is 10.3 Å². The van der Waals surface area contributed by atoms with Crippen LogP contribution in [0.4, 0.5) is 11.6 Å². The Kier molecular flexibility index (Phi) is 3.42.